The number of benzene rings is 3. The zero-order valence-corrected chi connectivity index (χ0v) is 27.4. The monoisotopic (exact) mass is 703 g/mol. The molecule has 0 spiro atoms. The van der Waals surface area contributed by atoms with Crippen LogP contribution in [0.3, 0.4) is 0 Å². The van der Waals surface area contributed by atoms with Crippen LogP contribution in [-0.2, 0) is 24.4 Å². The van der Waals surface area contributed by atoms with Crippen molar-refractivity contribution in [1.82, 2.24) is 4.90 Å². The number of nitro groups is 1. The Hall–Kier alpha value is -4.93. The molecule has 0 atom stereocenters. The number of methoxy groups -OCH3 is 1. The van der Waals surface area contributed by atoms with Gasteiger partial charge in [-0.2, -0.15) is 8.42 Å². The summed E-state index contributed by atoms with van der Waals surface area (Å²) in [4.78, 5) is 61.5. The van der Waals surface area contributed by atoms with E-state index in [0.29, 0.717) is 23.7 Å². The fourth-order valence-electron chi connectivity index (χ4n) is 4.11. The summed E-state index contributed by atoms with van der Waals surface area (Å²) in [6.07, 6.45) is 1.95. The van der Waals surface area contributed by atoms with Crippen molar-refractivity contribution in [2.24, 2.45) is 0 Å². The van der Waals surface area contributed by atoms with Crippen molar-refractivity contribution >= 4 is 74.0 Å². The Balaban J connectivity index is 1.47. The number of amides is 3. The average molecular weight is 704 g/mol. The predicted octanol–water partition coefficient (Wildman–Crippen LogP) is 5.57. The second kappa shape index (κ2) is 14.7. The van der Waals surface area contributed by atoms with E-state index in [-0.39, 0.29) is 44.8 Å². The first kappa shape index (κ1) is 34.9. The largest absolute Gasteiger partial charge is 0.493 e. The minimum absolute atomic E-state index is 0.0226. The van der Waals surface area contributed by atoms with E-state index in [1.807, 2.05) is 6.92 Å². The van der Waals surface area contributed by atoms with Crippen molar-refractivity contribution in [2.45, 2.75) is 25.2 Å². The van der Waals surface area contributed by atoms with Crippen LogP contribution in [0.1, 0.15) is 34.8 Å². The molecule has 1 aliphatic heterocycles. The maximum absolute atomic E-state index is 13.0. The second-order valence-corrected chi connectivity index (χ2v) is 12.7. The van der Waals surface area contributed by atoms with Gasteiger partial charge >= 0.3 is 16.1 Å². The first-order chi connectivity index (χ1) is 22.2. The number of nitrogens with one attached hydrogen (secondary N) is 1. The maximum atomic E-state index is 13.0. The maximum Gasteiger partial charge on any atom is 0.339 e. The Morgan fingerprint density at radius 2 is 1.83 bits per heavy atom. The first-order valence-electron chi connectivity index (χ1n) is 13.6. The molecule has 4 rings (SSSR count). The molecule has 1 N–H and O–H groups in total. The summed E-state index contributed by atoms with van der Waals surface area (Å²) in [6, 6.07) is 11.5. The van der Waals surface area contributed by atoms with Crippen LogP contribution < -0.4 is 14.2 Å². The molecule has 1 saturated heterocycles. The van der Waals surface area contributed by atoms with E-state index in [0.717, 1.165) is 11.0 Å². The molecule has 14 nitrogen and oxygen atoms in total. The molecule has 0 aliphatic carbocycles. The fourth-order valence-corrected chi connectivity index (χ4v) is 6.11. The van der Waals surface area contributed by atoms with E-state index >= 15 is 0 Å². The third-order valence-corrected chi connectivity index (χ3v) is 8.90. The molecule has 0 aromatic heterocycles. The molecule has 0 saturated carbocycles. The number of esters is 1. The molecule has 1 aliphatic rings. The van der Waals surface area contributed by atoms with Crippen LogP contribution in [0.25, 0.3) is 6.08 Å². The summed E-state index contributed by atoms with van der Waals surface area (Å²) in [6.45, 7) is 2.86. The lowest BCUT2D eigenvalue weighted by atomic mass is 10.2. The molecule has 17 heteroatoms. The number of nitrogens with zero attached hydrogens (tertiary/aromatic N) is 2. The molecule has 0 radical (unpaired) electrons. The highest BCUT2D eigenvalue weighted by Gasteiger charge is 2.36. The summed E-state index contributed by atoms with van der Waals surface area (Å²) in [7, 11) is -3.25. The Morgan fingerprint density at radius 1 is 1.09 bits per heavy atom. The van der Waals surface area contributed by atoms with Gasteiger partial charge in [0.2, 0.25) is 5.91 Å². The number of nitro benzene ring substituents is 1. The number of rotatable bonds is 12. The predicted molar refractivity (Wildman–Crippen MR) is 172 cm³/mol. The zero-order valence-electron chi connectivity index (χ0n) is 25.0. The molecule has 3 amide bonds. The molecule has 47 heavy (non-hydrogen) atoms. The number of hydrogen-bond acceptors (Lipinski definition) is 12. The van der Waals surface area contributed by atoms with Gasteiger partial charge in [0, 0.05) is 17.3 Å². The summed E-state index contributed by atoms with van der Waals surface area (Å²) in [5, 5.41) is 13.2. The summed E-state index contributed by atoms with van der Waals surface area (Å²) < 4.78 is 41.3. The normalized spacial score (nSPS) is 13.9. The second-order valence-electron chi connectivity index (χ2n) is 9.80. The first-order valence-corrected chi connectivity index (χ1v) is 16.2. The number of hydrogen-bond donors (Lipinski definition) is 1. The topological polar surface area (TPSA) is 189 Å². The van der Waals surface area contributed by atoms with Crippen molar-refractivity contribution in [3.05, 3.63) is 91.3 Å². The van der Waals surface area contributed by atoms with E-state index in [2.05, 4.69) is 5.32 Å². The Kier molecular flexibility index (Phi) is 10.9. The van der Waals surface area contributed by atoms with Crippen molar-refractivity contribution in [3.8, 4) is 11.5 Å². The summed E-state index contributed by atoms with van der Waals surface area (Å²) in [5.41, 5.74) is 0.434. The number of halogens is 1. The Labute approximate surface area is 277 Å². The van der Waals surface area contributed by atoms with E-state index in [1.165, 1.54) is 68.6 Å². The average Bonchev–Trinajstić information content (AvgIpc) is 3.28. The van der Waals surface area contributed by atoms with Gasteiger partial charge in [-0.25, -0.2) is 4.79 Å². The van der Waals surface area contributed by atoms with Gasteiger partial charge in [-0.1, -0.05) is 30.7 Å². The Bertz CT molecular complexity index is 1930. The van der Waals surface area contributed by atoms with Gasteiger partial charge in [0.1, 0.15) is 11.4 Å². The van der Waals surface area contributed by atoms with Crippen LogP contribution in [0.5, 0.6) is 11.5 Å². The van der Waals surface area contributed by atoms with Crippen LogP contribution in [0.4, 0.5) is 16.2 Å². The summed E-state index contributed by atoms with van der Waals surface area (Å²) >= 11 is 6.67. The van der Waals surface area contributed by atoms with Crippen LogP contribution in [0, 0.1) is 17.0 Å². The standard InChI is InChI=1S/C30H26ClN3O11S2/c1-4-11-44-29(37)21-14-19(7-9-22(21)31)32-27(35)16-33-28(36)26(46-30(33)38)13-18-6-10-24(25(12-18)43-3)45-47(41,42)20-8-5-17(2)23(15-20)34(39)40/h5-10,12-15H,4,11,16H2,1-3H3,(H,32,35)/b26-13-. The lowest BCUT2D eigenvalue weighted by Crippen LogP contribution is -2.36. The molecular formula is C30H26ClN3O11S2. The minimum Gasteiger partial charge on any atom is -0.493 e. The van der Waals surface area contributed by atoms with Crippen molar-refractivity contribution in [3.63, 3.8) is 0 Å². The number of imide groups is 1. The highest BCUT2D eigenvalue weighted by molar-refractivity contribution is 8.18. The molecule has 0 bridgehead atoms. The van der Waals surface area contributed by atoms with Crippen molar-refractivity contribution in [2.75, 3.05) is 25.6 Å². The van der Waals surface area contributed by atoms with Crippen LogP contribution >= 0.6 is 23.4 Å². The highest BCUT2D eigenvalue weighted by atomic mass is 35.5. The van der Waals surface area contributed by atoms with Crippen LogP contribution in [0.2, 0.25) is 5.02 Å². The van der Waals surface area contributed by atoms with Crippen LogP contribution in [0.15, 0.2) is 64.4 Å². The lowest BCUT2D eigenvalue weighted by molar-refractivity contribution is -0.385. The zero-order chi connectivity index (χ0) is 34.5. The lowest BCUT2D eigenvalue weighted by Gasteiger charge is -2.13. The molecule has 1 heterocycles. The number of anilines is 1. The smallest absolute Gasteiger partial charge is 0.339 e. The minimum atomic E-state index is -4.50. The summed E-state index contributed by atoms with van der Waals surface area (Å²) in [5.74, 6) is -2.42. The molecular weight excluding hydrogens is 678 g/mol. The van der Waals surface area contributed by atoms with E-state index in [1.54, 1.807) is 0 Å². The molecule has 246 valence electrons. The quantitative estimate of drug-likeness (QED) is 0.0812. The Morgan fingerprint density at radius 3 is 2.51 bits per heavy atom. The number of aryl methyl sites for hydroxylation is 1. The van der Waals surface area contributed by atoms with Gasteiger partial charge < -0.3 is 19.0 Å². The SMILES string of the molecule is CCCOC(=O)c1cc(NC(=O)CN2C(=O)S/C(=C\c3ccc(OS(=O)(=O)c4ccc(C)c([N+](=O)[O-])c4)c(OC)c3)C2=O)ccc1Cl. The number of ether oxygens (including phenoxy) is 2. The number of carbonyl (C=O) groups excluding carboxylic acids is 4. The van der Waals surface area contributed by atoms with E-state index < -0.39 is 55.2 Å². The van der Waals surface area contributed by atoms with Gasteiger partial charge in [0.05, 0.1) is 34.1 Å². The molecule has 0 unspecified atom stereocenters. The molecule has 1 fully saturated rings. The third kappa shape index (κ3) is 8.27. The molecule has 3 aromatic carbocycles. The third-order valence-electron chi connectivity index (χ3n) is 6.43. The fraction of sp³-hybridized carbons (Fsp3) is 0.200. The van der Waals surface area contributed by atoms with Gasteiger partial charge in [0.15, 0.2) is 11.5 Å². The van der Waals surface area contributed by atoms with E-state index in [4.69, 9.17) is 25.3 Å². The number of thioether (sulfide) groups is 1. The van der Waals surface area contributed by atoms with Gasteiger partial charge in [-0.05, 0) is 73.1 Å². The van der Waals surface area contributed by atoms with Gasteiger partial charge in [0.25, 0.3) is 16.8 Å². The molecule has 3 aromatic rings. The highest BCUT2D eigenvalue weighted by Crippen LogP contribution is 2.36. The van der Waals surface area contributed by atoms with Gasteiger partial charge in [-0.15, -0.1) is 0 Å². The van der Waals surface area contributed by atoms with Gasteiger partial charge in [-0.3, -0.25) is 29.4 Å². The number of carbonyl (C=O) groups is 4. The van der Waals surface area contributed by atoms with Crippen LogP contribution in [-0.4, -0.2) is 61.5 Å². The van der Waals surface area contributed by atoms with Crippen molar-refractivity contribution < 1.29 is 46.2 Å². The van der Waals surface area contributed by atoms with E-state index in [9.17, 15) is 37.7 Å². The van der Waals surface area contributed by atoms with Crippen molar-refractivity contribution in [1.29, 1.82) is 0 Å².